The monoisotopic (exact) mass is 203 g/mol. The lowest BCUT2D eigenvalue weighted by Crippen LogP contribution is -2.42. The van der Waals surface area contributed by atoms with E-state index in [0.717, 1.165) is 0 Å². The fourth-order valence-corrected chi connectivity index (χ4v) is 1.09. The van der Waals surface area contributed by atoms with Crippen molar-refractivity contribution < 1.29 is 15.0 Å². The number of rotatable bonds is 7. The van der Waals surface area contributed by atoms with Crippen molar-refractivity contribution >= 4 is 5.91 Å². The maximum Gasteiger partial charge on any atom is 0.220 e. The summed E-state index contributed by atoms with van der Waals surface area (Å²) in [5.74, 6) is -0.112. The molecular weight excluding hydrogens is 182 g/mol. The van der Waals surface area contributed by atoms with Crippen molar-refractivity contribution in [2.45, 2.75) is 45.1 Å². The summed E-state index contributed by atoms with van der Waals surface area (Å²) in [5.41, 5.74) is -0.783. The molecule has 1 amide bonds. The molecule has 14 heavy (non-hydrogen) atoms. The fraction of sp³-hybridized carbons (Fsp3) is 0.900. The minimum Gasteiger partial charge on any atom is -0.396 e. The van der Waals surface area contributed by atoms with Gasteiger partial charge in [-0.1, -0.05) is 13.8 Å². The third kappa shape index (κ3) is 5.19. The molecule has 0 aromatic rings. The number of aliphatic hydroxyl groups is 2. The molecule has 4 nitrogen and oxygen atoms in total. The molecule has 0 unspecified atom stereocenters. The van der Waals surface area contributed by atoms with Crippen molar-refractivity contribution in [2.75, 3.05) is 13.2 Å². The van der Waals surface area contributed by atoms with E-state index in [-0.39, 0.29) is 12.5 Å². The molecule has 0 aromatic carbocycles. The first-order valence-corrected chi connectivity index (χ1v) is 5.18. The third-order valence-corrected chi connectivity index (χ3v) is 2.49. The summed E-state index contributed by atoms with van der Waals surface area (Å²) >= 11 is 0. The highest BCUT2D eigenvalue weighted by atomic mass is 16.3. The van der Waals surface area contributed by atoms with Gasteiger partial charge in [0, 0.05) is 19.6 Å². The second-order valence-electron chi connectivity index (χ2n) is 3.54. The summed E-state index contributed by atoms with van der Waals surface area (Å²) in [6.07, 6.45) is 2.05. The van der Waals surface area contributed by atoms with Gasteiger partial charge >= 0.3 is 0 Å². The zero-order valence-electron chi connectivity index (χ0n) is 9.05. The van der Waals surface area contributed by atoms with E-state index in [1.165, 1.54) is 0 Å². The lowest BCUT2D eigenvalue weighted by atomic mass is 9.97. The van der Waals surface area contributed by atoms with Gasteiger partial charge in [0.05, 0.1) is 5.60 Å². The van der Waals surface area contributed by atoms with Crippen LogP contribution in [0.2, 0.25) is 0 Å². The smallest absolute Gasteiger partial charge is 0.220 e. The Bertz CT molecular complexity index is 167. The van der Waals surface area contributed by atoms with Crippen molar-refractivity contribution in [1.82, 2.24) is 5.32 Å². The molecule has 0 fully saturated rings. The van der Waals surface area contributed by atoms with E-state index in [1.807, 2.05) is 13.8 Å². The standard InChI is InChI=1S/C10H21NO3/c1-3-10(14,4-2)8-11-9(13)6-5-7-12/h12,14H,3-8H2,1-2H3,(H,11,13). The van der Waals surface area contributed by atoms with Gasteiger partial charge in [0.25, 0.3) is 0 Å². The van der Waals surface area contributed by atoms with E-state index in [4.69, 9.17) is 5.11 Å². The first kappa shape index (κ1) is 13.4. The van der Waals surface area contributed by atoms with Gasteiger partial charge in [-0.25, -0.2) is 0 Å². The molecule has 0 heterocycles. The van der Waals surface area contributed by atoms with Gasteiger partial charge in [0.15, 0.2) is 0 Å². The molecule has 0 aliphatic heterocycles. The lowest BCUT2D eigenvalue weighted by Gasteiger charge is -2.25. The summed E-state index contributed by atoms with van der Waals surface area (Å²) in [4.78, 5) is 11.1. The number of aliphatic hydroxyl groups excluding tert-OH is 1. The molecule has 0 aromatic heterocycles. The van der Waals surface area contributed by atoms with Crippen LogP contribution in [0.25, 0.3) is 0 Å². The number of hydrogen-bond acceptors (Lipinski definition) is 3. The lowest BCUT2D eigenvalue weighted by molar-refractivity contribution is -0.122. The van der Waals surface area contributed by atoms with Crippen molar-refractivity contribution in [2.24, 2.45) is 0 Å². The second kappa shape index (κ2) is 6.79. The molecule has 0 atom stereocenters. The number of hydrogen-bond donors (Lipinski definition) is 3. The first-order chi connectivity index (χ1) is 6.58. The number of nitrogens with one attached hydrogen (secondary N) is 1. The zero-order valence-corrected chi connectivity index (χ0v) is 9.05. The summed E-state index contributed by atoms with van der Waals surface area (Å²) in [5, 5.41) is 21.0. The summed E-state index contributed by atoms with van der Waals surface area (Å²) in [7, 11) is 0. The zero-order chi connectivity index (χ0) is 11.0. The maximum atomic E-state index is 11.1. The highest BCUT2D eigenvalue weighted by Crippen LogP contribution is 2.12. The molecule has 0 rings (SSSR count). The van der Waals surface area contributed by atoms with Crippen LogP contribution in [0, 0.1) is 0 Å². The Balaban J connectivity index is 3.74. The highest BCUT2D eigenvalue weighted by molar-refractivity contribution is 5.75. The first-order valence-electron chi connectivity index (χ1n) is 5.18. The van der Waals surface area contributed by atoms with Crippen molar-refractivity contribution in [3.63, 3.8) is 0 Å². The molecule has 0 saturated heterocycles. The number of amides is 1. The maximum absolute atomic E-state index is 11.1. The quantitative estimate of drug-likeness (QED) is 0.562. The van der Waals surface area contributed by atoms with Gasteiger partial charge in [-0.05, 0) is 19.3 Å². The van der Waals surface area contributed by atoms with Crippen molar-refractivity contribution in [3.8, 4) is 0 Å². The molecule has 0 aliphatic carbocycles. The average molecular weight is 203 g/mol. The third-order valence-electron chi connectivity index (χ3n) is 2.49. The van der Waals surface area contributed by atoms with Crippen LogP contribution in [0.4, 0.5) is 0 Å². The molecular formula is C10H21NO3. The minimum absolute atomic E-state index is 0.0270. The summed E-state index contributed by atoms with van der Waals surface area (Å²) in [6.45, 7) is 4.11. The Morgan fingerprint density at radius 2 is 1.93 bits per heavy atom. The summed E-state index contributed by atoms with van der Waals surface area (Å²) in [6, 6.07) is 0. The van der Waals surface area contributed by atoms with E-state index >= 15 is 0 Å². The van der Waals surface area contributed by atoms with Crippen LogP contribution in [0.15, 0.2) is 0 Å². The fourth-order valence-electron chi connectivity index (χ4n) is 1.09. The minimum atomic E-state index is -0.783. The average Bonchev–Trinajstić information content (AvgIpc) is 2.23. The summed E-state index contributed by atoms with van der Waals surface area (Å²) < 4.78 is 0. The molecule has 84 valence electrons. The van der Waals surface area contributed by atoms with Crippen LogP contribution in [0.3, 0.4) is 0 Å². The van der Waals surface area contributed by atoms with E-state index in [0.29, 0.717) is 32.2 Å². The van der Waals surface area contributed by atoms with E-state index in [2.05, 4.69) is 5.32 Å². The Morgan fingerprint density at radius 3 is 2.36 bits per heavy atom. The normalized spacial score (nSPS) is 11.4. The van der Waals surface area contributed by atoms with Gasteiger partial charge < -0.3 is 15.5 Å². The Labute approximate surface area is 85.3 Å². The van der Waals surface area contributed by atoms with Crippen molar-refractivity contribution in [1.29, 1.82) is 0 Å². The van der Waals surface area contributed by atoms with Crippen LogP contribution in [0.5, 0.6) is 0 Å². The molecule has 0 aliphatic rings. The van der Waals surface area contributed by atoms with Gasteiger partial charge in [-0.3, -0.25) is 4.79 Å². The van der Waals surface area contributed by atoms with E-state index in [1.54, 1.807) is 0 Å². The predicted molar refractivity (Wildman–Crippen MR) is 54.9 cm³/mol. The topological polar surface area (TPSA) is 69.6 Å². The Kier molecular flexibility index (Phi) is 6.49. The SMILES string of the molecule is CCC(O)(CC)CNC(=O)CCCO. The van der Waals surface area contributed by atoms with Crippen LogP contribution in [-0.4, -0.2) is 34.9 Å². The van der Waals surface area contributed by atoms with Crippen LogP contribution in [0.1, 0.15) is 39.5 Å². The highest BCUT2D eigenvalue weighted by Gasteiger charge is 2.22. The molecule has 0 bridgehead atoms. The van der Waals surface area contributed by atoms with Crippen LogP contribution >= 0.6 is 0 Å². The van der Waals surface area contributed by atoms with E-state index < -0.39 is 5.60 Å². The molecule has 3 N–H and O–H groups in total. The molecule has 0 saturated carbocycles. The largest absolute Gasteiger partial charge is 0.396 e. The van der Waals surface area contributed by atoms with Crippen LogP contribution < -0.4 is 5.32 Å². The van der Waals surface area contributed by atoms with Gasteiger partial charge in [-0.15, -0.1) is 0 Å². The van der Waals surface area contributed by atoms with Crippen LogP contribution in [-0.2, 0) is 4.79 Å². The second-order valence-corrected chi connectivity index (χ2v) is 3.54. The van der Waals surface area contributed by atoms with Crippen molar-refractivity contribution in [3.05, 3.63) is 0 Å². The number of carbonyl (C=O) groups is 1. The number of carbonyl (C=O) groups excluding carboxylic acids is 1. The Hall–Kier alpha value is -0.610. The molecule has 4 heteroatoms. The molecule has 0 radical (unpaired) electrons. The van der Waals surface area contributed by atoms with E-state index in [9.17, 15) is 9.90 Å². The van der Waals surface area contributed by atoms with Gasteiger partial charge in [0.2, 0.25) is 5.91 Å². The van der Waals surface area contributed by atoms with Gasteiger partial charge in [-0.2, -0.15) is 0 Å². The molecule has 0 spiro atoms. The Morgan fingerprint density at radius 1 is 1.36 bits per heavy atom. The van der Waals surface area contributed by atoms with Gasteiger partial charge in [0.1, 0.15) is 0 Å². The predicted octanol–water partition coefficient (Wildman–Crippen LogP) is 0.426.